The number of ether oxygens (including phenoxy) is 1. The van der Waals surface area contributed by atoms with E-state index in [1.807, 2.05) is 18.2 Å². The lowest BCUT2D eigenvalue weighted by Gasteiger charge is -2.15. The quantitative estimate of drug-likeness (QED) is 0.104. The number of hydrogen-bond donors (Lipinski definition) is 5. The average molecular weight is 624 g/mol. The molecule has 0 aliphatic heterocycles. The van der Waals surface area contributed by atoms with E-state index in [9.17, 15) is 4.79 Å². The Bertz CT molecular complexity index is 1690. The average Bonchev–Trinajstić information content (AvgIpc) is 3.38. The number of hydrogen-bond acceptors (Lipinski definition) is 5. The number of nitrogens with zero attached hydrogens (tertiary/aromatic N) is 4. The molecule has 9 N–H and O–H groups in total. The van der Waals surface area contributed by atoms with Crippen LogP contribution in [0.3, 0.4) is 0 Å². The second-order valence-electron chi connectivity index (χ2n) is 11.1. The molecule has 1 atom stereocenters. The van der Waals surface area contributed by atoms with Crippen LogP contribution in [0.5, 0.6) is 0 Å². The topological polar surface area (TPSA) is 189 Å². The minimum absolute atomic E-state index is 0.00162. The van der Waals surface area contributed by atoms with Gasteiger partial charge in [0.05, 0.1) is 35.7 Å². The fraction of sp³-hybridized carbons (Fsp3) is 0.355. The van der Waals surface area contributed by atoms with Gasteiger partial charge in [-0.3, -0.25) is 14.6 Å². The van der Waals surface area contributed by atoms with Gasteiger partial charge >= 0.3 is 5.69 Å². The Labute approximate surface area is 260 Å². The van der Waals surface area contributed by atoms with E-state index in [4.69, 9.17) is 39.3 Å². The van der Waals surface area contributed by atoms with Crippen LogP contribution >= 0.6 is 11.6 Å². The third-order valence-electron chi connectivity index (χ3n) is 7.06. The van der Waals surface area contributed by atoms with Gasteiger partial charge in [-0.2, -0.15) is 4.98 Å². The van der Waals surface area contributed by atoms with Crippen LogP contribution in [-0.2, 0) is 17.8 Å². The van der Waals surface area contributed by atoms with Crippen LogP contribution in [0.4, 0.5) is 4.39 Å². The van der Waals surface area contributed by atoms with Gasteiger partial charge in [0.2, 0.25) is 0 Å². The maximum Gasteiger partial charge on any atom is 0.354 e. The number of rotatable bonds is 14. The monoisotopic (exact) mass is 623 g/mol. The summed E-state index contributed by atoms with van der Waals surface area (Å²) >= 11 is 6.26. The van der Waals surface area contributed by atoms with Crippen molar-refractivity contribution in [3.05, 3.63) is 81.1 Å². The highest BCUT2D eigenvalue weighted by atomic mass is 35.5. The van der Waals surface area contributed by atoms with Crippen molar-refractivity contribution in [1.82, 2.24) is 14.5 Å². The molecule has 0 aliphatic rings. The van der Waals surface area contributed by atoms with Crippen molar-refractivity contribution in [2.45, 2.75) is 52.2 Å². The summed E-state index contributed by atoms with van der Waals surface area (Å²) in [5, 5.41) is 0.713. The maximum atomic E-state index is 15.1. The molecule has 2 aromatic heterocycles. The van der Waals surface area contributed by atoms with Crippen LogP contribution in [0.25, 0.3) is 28.0 Å². The molecule has 0 amide bonds. The van der Waals surface area contributed by atoms with Crippen LogP contribution in [0.1, 0.15) is 44.2 Å². The van der Waals surface area contributed by atoms with Gasteiger partial charge in [-0.1, -0.05) is 44.0 Å². The summed E-state index contributed by atoms with van der Waals surface area (Å²) in [6, 6.07) is 12.6. The highest BCUT2D eigenvalue weighted by molar-refractivity contribution is 6.31. The number of halogens is 2. The van der Waals surface area contributed by atoms with Crippen LogP contribution in [0.2, 0.25) is 5.02 Å². The fourth-order valence-corrected chi connectivity index (χ4v) is 5.01. The van der Waals surface area contributed by atoms with Crippen molar-refractivity contribution in [3.63, 3.8) is 0 Å². The van der Waals surface area contributed by atoms with Crippen LogP contribution < -0.4 is 28.6 Å². The molecule has 2 aromatic carbocycles. The molecular formula is C31H39ClFN9O2. The van der Waals surface area contributed by atoms with Gasteiger partial charge in [0, 0.05) is 23.7 Å². The summed E-state index contributed by atoms with van der Waals surface area (Å²) in [7, 11) is 0. The van der Waals surface area contributed by atoms with Crippen molar-refractivity contribution < 1.29 is 9.13 Å². The Hall–Kier alpha value is -4.42. The fourth-order valence-electron chi connectivity index (χ4n) is 4.76. The van der Waals surface area contributed by atoms with Crippen molar-refractivity contribution in [1.29, 1.82) is 0 Å². The molecule has 0 radical (unpaired) electrons. The number of nitrogens with one attached hydrogen (secondary N) is 1. The molecule has 2 heterocycles. The van der Waals surface area contributed by atoms with Gasteiger partial charge in [-0.05, 0) is 66.6 Å². The van der Waals surface area contributed by atoms with Crippen LogP contribution in [0, 0.1) is 11.7 Å². The SMILES string of the molecule is CC(C)CCCc1cc(Cl)c(F)c(-c2cc3cn(-c4ccc(CO[C@H](CCN=C(N)N)CN=C(N)N)cc4)c(=O)nc3[nH]2)c1. The number of aromatic nitrogens is 3. The molecule has 0 saturated heterocycles. The number of guanidine groups is 2. The van der Waals surface area contributed by atoms with Gasteiger partial charge < -0.3 is 32.7 Å². The largest absolute Gasteiger partial charge is 0.372 e. The van der Waals surface area contributed by atoms with Crippen molar-refractivity contribution in [2.24, 2.45) is 38.8 Å². The number of fused-ring (bicyclic) bond motifs is 1. The molecule has 234 valence electrons. The molecule has 0 fully saturated rings. The molecule has 0 aliphatic carbocycles. The highest BCUT2D eigenvalue weighted by Gasteiger charge is 2.16. The highest BCUT2D eigenvalue weighted by Crippen LogP contribution is 2.31. The lowest BCUT2D eigenvalue weighted by atomic mass is 10.00. The first-order chi connectivity index (χ1) is 21.0. The molecule has 0 bridgehead atoms. The number of nitrogens with two attached hydrogens (primary N) is 4. The van der Waals surface area contributed by atoms with E-state index in [2.05, 4.69) is 33.8 Å². The zero-order valence-corrected chi connectivity index (χ0v) is 25.6. The van der Waals surface area contributed by atoms with Crippen molar-refractivity contribution in [2.75, 3.05) is 13.1 Å². The van der Waals surface area contributed by atoms with E-state index < -0.39 is 11.5 Å². The summed E-state index contributed by atoms with van der Waals surface area (Å²) in [5.41, 5.74) is 24.9. The lowest BCUT2D eigenvalue weighted by molar-refractivity contribution is 0.0429. The summed E-state index contributed by atoms with van der Waals surface area (Å²) in [6.45, 7) is 5.26. The Kier molecular flexibility index (Phi) is 11.0. The molecule has 0 spiro atoms. The summed E-state index contributed by atoms with van der Waals surface area (Å²) in [5.74, 6) is 0.0358. The third kappa shape index (κ3) is 8.80. The van der Waals surface area contributed by atoms with E-state index >= 15 is 4.39 Å². The number of aliphatic imine (C=N–C) groups is 2. The zero-order valence-electron chi connectivity index (χ0n) is 24.9. The van der Waals surface area contributed by atoms with E-state index in [1.165, 1.54) is 4.57 Å². The van der Waals surface area contributed by atoms with E-state index in [0.717, 1.165) is 30.4 Å². The third-order valence-corrected chi connectivity index (χ3v) is 7.33. The van der Waals surface area contributed by atoms with E-state index in [1.54, 1.807) is 30.5 Å². The molecule has 4 aromatic rings. The Balaban J connectivity index is 1.51. The zero-order chi connectivity index (χ0) is 31.8. The minimum Gasteiger partial charge on any atom is -0.372 e. The number of aromatic amines is 1. The first kappa shape index (κ1) is 32.5. The van der Waals surface area contributed by atoms with Gasteiger partial charge in [0.25, 0.3) is 0 Å². The first-order valence-corrected chi connectivity index (χ1v) is 14.8. The van der Waals surface area contributed by atoms with Gasteiger partial charge in [-0.15, -0.1) is 0 Å². The number of benzene rings is 2. The van der Waals surface area contributed by atoms with Crippen molar-refractivity contribution >= 4 is 34.6 Å². The second-order valence-corrected chi connectivity index (χ2v) is 11.5. The van der Waals surface area contributed by atoms with Gasteiger partial charge in [-0.25, -0.2) is 9.18 Å². The van der Waals surface area contributed by atoms with E-state index in [0.29, 0.717) is 46.9 Å². The molecular weight excluding hydrogens is 585 g/mol. The normalized spacial score (nSPS) is 12.0. The Morgan fingerprint density at radius 1 is 1.05 bits per heavy atom. The van der Waals surface area contributed by atoms with Crippen LogP contribution in [0.15, 0.2) is 63.4 Å². The molecule has 44 heavy (non-hydrogen) atoms. The Morgan fingerprint density at radius 3 is 2.45 bits per heavy atom. The predicted molar refractivity (Wildman–Crippen MR) is 174 cm³/mol. The first-order valence-electron chi connectivity index (χ1n) is 14.4. The Morgan fingerprint density at radius 2 is 1.77 bits per heavy atom. The number of aryl methyl sites for hydroxylation is 1. The summed E-state index contributed by atoms with van der Waals surface area (Å²) in [4.78, 5) is 28.3. The minimum atomic E-state index is -0.518. The van der Waals surface area contributed by atoms with Gasteiger partial charge in [0.15, 0.2) is 17.7 Å². The predicted octanol–water partition coefficient (Wildman–Crippen LogP) is 3.97. The standard InChI is InChI=1S/C31H39ClFN9O2/c1-18(2)4-3-5-20-12-24(27(33)25(32)13-20)26-14-21-16-42(31(43)41-28(21)40-26)22-8-6-19(7-9-22)17-44-23(15-39-30(36)37)10-11-38-29(34)35/h6-9,12-14,16,18,23H,3-5,10-11,15,17H2,1-2H3,(H4,34,35,38)(H4,36,37,39)(H,40,41,43)/t23-/m1/s1. The number of H-pyrrole nitrogens is 1. The molecule has 0 unspecified atom stereocenters. The molecule has 0 saturated carbocycles. The summed E-state index contributed by atoms with van der Waals surface area (Å²) < 4.78 is 22.5. The molecule has 11 nitrogen and oxygen atoms in total. The second kappa shape index (κ2) is 14.8. The maximum absolute atomic E-state index is 15.1. The van der Waals surface area contributed by atoms with E-state index in [-0.39, 0.29) is 36.2 Å². The van der Waals surface area contributed by atoms with Gasteiger partial charge in [0.1, 0.15) is 5.65 Å². The summed E-state index contributed by atoms with van der Waals surface area (Å²) in [6.07, 6.45) is 4.74. The van der Waals surface area contributed by atoms with Crippen LogP contribution in [-0.4, -0.2) is 45.6 Å². The smallest absolute Gasteiger partial charge is 0.354 e. The lowest BCUT2D eigenvalue weighted by Crippen LogP contribution is -2.27. The molecule has 4 rings (SSSR count). The molecule has 13 heteroatoms. The van der Waals surface area contributed by atoms with Crippen molar-refractivity contribution in [3.8, 4) is 16.9 Å².